The Balaban J connectivity index is 1.94. The minimum Gasteiger partial charge on any atom is -0.493 e. The normalized spacial score (nSPS) is 34.3. The van der Waals surface area contributed by atoms with Crippen molar-refractivity contribution in [1.29, 1.82) is 0 Å². The van der Waals surface area contributed by atoms with Crippen molar-refractivity contribution in [1.82, 2.24) is 0 Å². The van der Waals surface area contributed by atoms with Crippen LogP contribution in [-0.4, -0.2) is 26.0 Å². The third-order valence-electron chi connectivity index (χ3n) is 5.69. The van der Waals surface area contributed by atoms with E-state index in [2.05, 4.69) is 18.2 Å². The number of ether oxygens (including phenoxy) is 3. The highest BCUT2D eigenvalue weighted by atomic mass is 16.7. The molecule has 0 saturated heterocycles. The summed E-state index contributed by atoms with van der Waals surface area (Å²) in [5, 5.41) is 0. The minimum atomic E-state index is -0.243. The van der Waals surface area contributed by atoms with Gasteiger partial charge in [0.25, 0.3) is 0 Å². The first kappa shape index (κ1) is 15.0. The topological polar surface area (TPSA) is 53.7 Å². The Morgan fingerprint density at radius 1 is 1.39 bits per heavy atom. The van der Waals surface area contributed by atoms with E-state index in [1.54, 1.807) is 7.11 Å². The zero-order valence-corrected chi connectivity index (χ0v) is 13.9. The predicted molar refractivity (Wildman–Crippen MR) is 88.9 cm³/mol. The quantitative estimate of drug-likeness (QED) is 0.871. The zero-order chi connectivity index (χ0) is 16.0. The summed E-state index contributed by atoms with van der Waals surface area (Å²) in [6.45, 7) is 2.64. The molecule has 4 nitrogen and oxygen atoms in total. The molecule has 4 rings (SSSR count). The van der Waals surface area contributed by atoms with Crippen molar-refractivity contribution >= 4 is 0 Å². The standard InChI is InChI=1S/C19H25NO3/c1-3-22-16-11-19-9-5-4-6-13(19)14(20)10-12-7-8-15(21-2)18(23-16)17(12)19/h5,7-9,13-14,16H,3-4,6,10-11,20H2,1-2H3/t13-,14+,16?,19+/m0/s1. The van der Waals surface area contributed by atoms with Crippen LogP contribution in [0.1, 0.15) is 37.3 Å². The molecule has 1 heterocycles. The van der Waals surface area contributed by atoms with Gasteiger partial charge in [-0.1, -0.05) is 18.2 Å². The second-order valence-corrected chi connectivity index (χ2v) is 6.83. The molecule has 0 radical (unpaired) electrons. The molecule has 1 aromatic carbocycles. The Labute approximate surface area is 137 Å². The molecule has 2 aliphatic carbocycles. The molecule has 2 N–H and O–H groups in total. The van der Waals surface area contributed by atoms with Crippen molar-refractivity contribution in [3.05, 3.63) is 35.4 Å². The lowest BCUT2D eigenvalue weighted by molar-refractivity contribution is -0.108. The van der Waals surface area contributed by atoms with E-state index in [0.29, 0.717) is 12.5 Å². The number of hydrogen-bond donors (Lipinski definition) is 1. The van der Waals surface area contributed by atoms with E-state index < -0.39 is 0 Å². The van der Waals surface area contributed by atoms with Crippen molar-refractivity contribution in [3.8, 4) is 11.5 Å². The Morgan fingerprint density at radius 2 is 2.26 bits per heavy atom. The van der Waals surface area contributed by atoms with Gasteiger partial charge in [0.1, 0.15) is 0 Å². The lowest BCUT2D eigenvalue weighted by Crippen LogP contribution is -2.54. The first-order valence-corrected chi connectivity index (χ1v) is 8.61. The van der Waals surface area contributed by atoms with E-state index in [0.717, 1.165) is 37.2 Å². The summed E-state index contributed by atoms with van der Waals surface area (Å²) in [6.07, 6.45) is 8.42. The second kappa shape index (κ2) is 5.53. The second-order valence-electron chi connectivity index (χ2n) is 6.83. The van der Waals surface area contributed by atoms with E-state index in [1.165, 1.54) is 11.1 Å². The summed E-state index contributed by atoms with van der Waals surface area (Å²) in [5.41, 5.74) is 9.09. The van der Waals surface area contributed by atoms with Crippen LogP contribution in [-0.2, 0) is 16.6 Å². The first-order chi connectivity index (χ1) is 11.2. The van der Waals surface area contributed by atoms with Crippen LogP contribution in [0.15, 0.2) is 24.3 Å². The van der Waals surface area contributed by atoms with Crippen LogP contribution in [0.25, 0.3) is 0 Å². The van der Waals surface area contributed by atoms with Crippen LogP contribution < -0.4 is 15.2 Å². The van der Waals surface area contributed by atoms with Gasteiger partial charge in [-0.05, 0) is 43.7 Å². The molecular formula is C19H25NO3. The number of nitrogens with two attached hydrogens (primary N) is 1. The third kappa shape index (κ3) is 2.12. The molecule has 1 aromatic rings. The first-order valence-electron chi connectivity index (χ1n) is 8.61. The summed E-state index contributed by atoms with van der Waals surface area (Å²) in [7, 11) is 1.70. The fraction of sp³-hybridized carbons (Fsp3) is 0.579. The molecule has 1 spiro atoms. The van der Waals surface area contributed by atoms with E-state index >= 15 is 0 Å². The lowest BCUT2D eigenvalue weighted by Gasteiger charge is -2.52. The van der Waals surface area contributed by atoms with Gasteiger partial charge in [-0.25, -0.2) is 0 Å². The minimum absolute atomic E-state index is 0.0762. The van der Waals surface area contributed by atoms with Crippen LogP contribution >= 0.6 is 0 Å². The molecule has 4 atom stereocenters. The van der Waals surface area contributed by atoms with Crippen molar-refractivity contribution < 1.29 is 14.2 Å². The largest absolute Gasteiger partial charge is 0.493 e. The van der Waals surface area contributed by atoms with E-state index in [-0.39, 0.29) is 17.7 Å². The van der Waals surface area contributed by atoms with Gasteiger partial charge in [-0.3, -0.25) is 0 Å². The fourth-order valence-electron chi connectivity index (χ4n) is 4.82. The molecule has 23 heavy (non-hydrogen) atoms. The molecular weight excluding hydrogens is 290 g/mol. The molecule has 0 fully saturated rings. The van der Waals surface area contributed by atoms with E-state index in [9.17, 15) is 0 Å². The van der Waals surface area contributed by atoms with Crippen LogP contribution in [0.3, 0.4) is 0 Å². The summed E-state index contributed by atoms with van der Waals surface area (Å²) in [6, 6.07) is 4.34. The van der Waals surface area contributed by atoms with Crippen LogP contribution in [0.2, 0.25) is 0 Å². The maximum Gasteiger partial charge on any atom is 0.201 e. The van der Waals surface area contributed by atoms with Crippen molar-refractivity contribution in [2.45, 2.75) is 50.4 Å². The van der Waals surface area contributed by atoms with Crippen LogP contribution in [0.5, 0.6) is 11.5 Å². The molecule has 4 heteroatoms. The van der Waals surface area contributed by atoms with E-state index in [4.69, 9.17) is 19.9 Å². The number of hydrogen-bond acceptors (Lipinski definition) is 4. The maximum atomic E-state index is 6.58. The fourth-order valence-corrected chi connectivity index (χ4v) is 4.82. The van der Waals surface area contributed by atoms with Crippen LogP contribution in [0.4, 0.5) is 0 Å². The maximum absolute atomic E-state index is 6.58. The van der Waals surface area contributed by atoms with E-state index in [1.807, 2.05) is 13.0 Å². The molecule has 0 aromatic heterocycles. The SMILES string of the molecule is CCOC1C[C@]23C=CCC[C@H]2[C@H](N)Cc2ccc(OC)c(c23)O1. The van der Waals surface area contributed by atoms with Gasteiger partial charge in [0, 0.05) is 30.0 Å². The molecule has 3 aliphatic rings. The van der Waals surface area contributed by atoms with Gasteiger partial charge in [-0.2, -0.15) is 0 Å². The third-order valence-corrected chi connectivity index (χ3v) is 5.69. The van der Waals surface area contributed by atoms with Gasteiger partial charge in [0.05, 0.1) is 7.11 Å². The highest BCUT2D eigenvalue weighted by Crippen LogP contribution is 2.57. The summed E-state index contributed by atoms with van der Waals surface area (Å²) < 4.78 is 17.6. The Kier molecular flexibility index (Phi) is 3.62. The van der Waals surface area contributed by atoms with Gasteiger partial charge in [0.15, 0.2) is 11.5 Å². The van der Waals surface area contributed by atoms with Gasteiger partial charge in [0.2, 0.25) is 6.29 Å². The molecule has 124 valence electrons. The van der Waals surface area contributed by atoms with Gasteiger partial charge in [-0.15, -0.1) is 0 Å². The van der Waals surface area contributed by atoms with Gasteiger partial charge >= 0.3 is 0 Å². The average Bonchev–Trinajstić information content (AvgIpc) is 2.55. The molecule has 0 amide bonds. The summed E-state index contributed by atoms with van der Waals surface area (Å²) >= 11 is 0. The lowest BCUT2D eigenvalue weighted by atomic mass is 9.56. The molecule has 1 unspecified atom stereocenters. The predicted octanol–water partition coefficient (Wildman–Crippen LogP) is 2.93. The highest BCUT2D eigenvalue weighted by Gasteiger charge is 2.53. The number of rotatable bonds is 3. The van der Waals surface area contributed by atoms with Gasteiger partial charge < -0.3 is 19.9 Å². The number of methoxy groups -OCH3 is 1. The van der Waals surface area contributed by atoms with Crippen molar-refractivity contribution in [3.63, 3.8) is 0 Å². The highest BCUT2D eigenvalue weighted by molar-refractivity contribution is 5.59. The monoisotopic (exact) mass is 315 g/mol. The smallest absolute Gasteiger partial charge is 0.201 e. The number of benzene rings is 1. The number of allylic oxidation sites excluding steroid dienone is 2. The average molecular weight is 315 g/mol. The molecule has 0 saturated carbocycles. The van der Waals surface area contributed by atoms with Crippen molar-refractivity contribution in [2.24, 2.45) is 11.7 Å². The molecule has 0 bridgehead atoms. The Hall–Kier alpha value is -1.52. The summed E-state index contributed by atoms with van der Waals surface area (Å²) in [5.74, 6) is 2.09. The molecule has 1 aliphatic heterocycles. The van der Waals surface area contributed by atoms with Crippen molar-refractivity contribution in [2.75, 3.05) is 13.7 Å². The van der Waals surface area contributed by atoms with Crippen LogP contribution in [0, 0.1) is 5.92 Å². The Morgan fingerprint density at radius 3 is 3.04 bits per heavy atom. The Bertz CT molecular complexity index is 642. The zero-order valence-electron chi connectivity index (χ0n) is 13.9. The summed E-state index contributed by atoms with van der Waals surface area (Å²) in [4.78, 5) is 0.